The predicted octanol–water partition coefficient (Wildman–Crippen LogP) is 5.85. The lowest BCUT2D eigenvalue weighted by atomic mass is 10.0. The molecule has 0 N–H and O–H groups in total. The van der Waals surface area contributed by atoms with E-state index < -0.39 is 10.1 Å². The van der Waals surface area contributed by atoms with Crippen molar-refractivity contribution in [2.45, 2.75) is 96.8 Å². The summed E-state index contributed by atoms with van der Waals surface area (Å²) in [5, 5.41) is 0.354. The number of rotatable bonds is 16. The Labute approximate surface area is 164 Å². The minimum absolute atomic E-state index is 0.354. The fourth-order valence-electron chi connectivity index (χ4n) is 2.78. The maximum Gasteiger partial charge on any atom is 0.116 e. The number of quaternary nitrogens is 1. The zero-order valence-electron chi connectivity index (χ0n) is 18.0. The quantitative estimate of drug-likeness (QED) is 0.188. The Morgan fingerprint density at radius 1 is 0.731 bits per heavy atom. The molecule has 0 aromatic rings. The normalized spacial score (nSPS) is 11.7. The van der Waals surface area contributed by atoms with Crippen molar-refractivity contribution in [3.63, 3.8) is 0 Å². The number of hydrogen-bond acceptors (Lipinski definition) is 3. The molecule has 0 saturated carbocycles. The van der Waals surface area contributed by atoms with Crippen LogP contribution >= 0.6 is 0 Å². The predicted molar refractivity (Wildman–Crippen MR) is 113 cm³/mol. The lowest BCUT2D eigenvalue weighted by molar-refractivity contribution is -0.870. The second-order valence-electron chi connectivity index (χ2n) is 8.27. The molecule has 0 aliphatic carbocycles. The van der Waals surface area contributed by atoms with Crippen molar-refractivity contribution in [3.05, 3.63) is 12.0 Å². The van der Waals surface area contributed by atoms with Crippen LogP contribution in [0.3, 0.4) is 0 Å². The van der Waals surface area contributed by atoms with Crippen LogP contribution in [0.4, 0.5) is 0 Å². The second kappa shape index (κ2) is 18.0. The van der Waals surface area contributed by atoms with E-state index in [1.54, 1.807) is 0 Å². The molecule has 0 aliphatic heterocycles. The third-order valence-corrected chi connectivity index (χ3v) is 4.79. The van der Waals surface area contributed by atoms with Gasteiger partial charge < -0.3 is 9.04 Å². The molecular formula is C21H45NO3S. The Kier molecular flexibility index (Phi) is 19.3. The molecule has 0 heterocycles. The van der Waals surface area contributed by atoms with Gasteiger partial charge in [-0.2, -0.15) is 0 Å². The van der Waals surface area contributed by atoms with Crippen LogP contribution < -0.4 is 0 Å². The van der Waals surface area contributed by atoms with Crippen LogP contribution in [0.15, 0.2) is 12.0 Å². The third kappa shape index (κ3) is 31.4. The lowest BCUT2D eigenvalue weighted by Crippen LogP contribution is -2.35. The first-order valence-electron chi connectivity index (χ1n) is 10.5. The van der Waals surface area contributed by atoms with Gasteiger partial charge in [-0.3, -0.25) is 0 Å². The summed E-state index contributed by atoms with van der Waals surface area (Å²) in [7, 11) is 2.73. The molecule has 0 atom stereocenters. The molecule has 0 aromatic carbocycles. The highest BCUT2D eigenvalue weighted by molar-refractivity contribution is 7.88. The Balaban J connectivity index is 0. The van der Waals surface area contributed by atoms with Crippen LogP contribution in [0.1, 0.15) is 96.8 Å². The SMILES string of the molecule is C=CS(=O)(=O)[O-].CCCCCCCCCCCCCCCC[N+](C)(C)C. The molecule has 158 valence electrons. The Morgan fingerprint density at radius 3 is 1.23 bits per heavy atom. The third-order valence-electron chi connectivity index (χ3n) is 4.39. The zero-order valence-corrected chi connectivity index (χ0v) is 18.8. The average Bonchev–Trinajstić information content (AvgIpc) is 2.54. The maximum absolute atomic E-state index is 9.33. The number of hydrogen-bond donors (Lipinski definition) is 0. The average molecular weight is 392 g/mol. The molecule has 4 nitrogen and oxygen atoms in total. The van der Waals surface area contributed by atoms with Gasteiger partial charge in [0.15, 0.2) is 0 Å². The van der Waals surface area contributed by atoms with E-state index in [2.05, 4.69) is 34.6 Å². The fraction of sp³-hybridized carbons (Fsp3) is 0.905. The summed E-state index contributed by atoms with van der Waals surface area (Å²) in [5.74, 6) is 0. The highest BCUT2D eigenvalue weighted by Crippen LogP contribution is 2.13. The van der Waals surface area contributed by atoms with Crippen LogP contribution in [0.25, 0.3) is 0 Å². The maximum atomic E-state index is 9.33. The number of unbranched alkanes of at least 4 members (excludes halogenated alkanes) is 13. The molecular weight excluding hydrogens is 346 g/mol. The summed E-state index contributed by atoms with van der Waals surface area (Å²) in [5.41, 5.74) is 0. The number of nitrogens with zero attached hydrogens (tertiary/aromatic N) is 1. The lowest BCUT2D eigenvalue weighted by Gasteiger charge is -2.23. The summed E-state index contributed by atoms with van der Waals surface area (Å²) in [6.45, 7) is 6.36. The van der Waals surface area contributed by atoms with E-state index in [0.29, 0.717) is 5.41 Å². The van der Waals surface area contributed by atoms with Gasteiger partial charge in [0.25, 0.3) is 0 Å². The topological polar surface area (TPSA) is 57.2 Å². The van der Waals surface area contributed by atoms with Crippen molar-refractivity contribution in [1.29, 1.82) is 0 Å². The van der Waals surface area contributed by atoms with E-state index in [-0.39, 0.29) is 0 Å². The van der Waals surface area contributed by atoms with Gasteiger partial charge in [0.1, 0.15) is 10.1 Å². The first-order valence-corrected chi connectivity index (χ1v) is 12.0. The fourth-order valence-corrected chi connectivity index (χ4v) is 2.78. The van der Waals surface area contributed by atoms with E-state index in [0.717, 1.165) is 4.48 Å². The van der Waals surface area contributed by atoms with E-state index in [4.69, 9.17) is 0 Å². The van der Waals surface area contributed by atoms with Crippen LogP contribution in [0, 0.1) is 0 Å². The van der Waals surface area contributed by atoms with E-state index in [1.807, 2.05) is 0 Å². The van der Waals surface area contributed by atoms with Gasteiger partial charge in [0.2, 0.25) is 0 Å². The van der Waals surface area contributed by atoms with Gasteiger partial charge in [-0.05, 0) is 12.8 Å². The van der Waals surface area contributed by atoms with Crippen LogP contribution in [-0.4, -0.2) is 45.1 Å². The standard InChI is InChI=1S/C19H42N.C2H4O3S/c1-5-6-7-8-9-10-11-12-13-14-15-16-17-18-19-20(2,3)4;1-2-6(3,4)5/h5-19H2,1-4H3;2H,1H2,(H,3,4,5)/q+1;/p-1. The molecule has 26 heavy (non-hydrogen) atoms. The highest BCUT2D eigenvalue weighted by Gasteiger charge is 2.04. The van der Waals surface area contributed by atoms with Gasteiger partial charge in [0, 0.05) is 5.41 Å². The van der Waals surface area contributed by atoms with Crippen LogP contribution in [0.5, 0.6) is 0 Å². The first-order chi connectivity index (χ1) is 12.1. The molecule has 0 aromatic heterocycles. The summed E-state index contributed by atoms with van der Waals surface area (Å²) >= 11 is 0. The second-order valence-corrected chi connectivity index (χ2v) is 9.59. The van der Waals surface area contributed by atoms with Gasteiger partial charge in [-0.1, -0.05) is 90.6 Å². The highest BCUT2D eigenvalue weighted by atomic mass is 32.2. The minimum atomic E-state index is -4.15. The first kappa shape index (κ1) is 27.8. The Hall–Kier alpha value is -0.390. The molecule has 0 fully saturated rings. The largest absolute Gasteiger partial charge is 0.745 e. The molecule has 0 bridgehead atoms. The zero-order chi connectivity index (χ0) is 20.3. The van der Waals surface area contributed by atoms with Crippen molar-refractivity contribution in [2.24, 2.45) is 0 Å². The van der Waals surface area contributed by atoms with Crippen molar-refractivity contribution in [2.75, 3.05) is 27.7 Å². The van der Waals surface area contributed by atoms with Gasteiger partial charge in [0.05, 0.1) is 27.7 Å². The molecule has 0 aliphatic rings. The summed E-state index contributed by atoms with van der Waals surface area (Å²) < 4.78 is 29.1. The van der Waals surface area contributed by atoms with Crippen LogP contribution in [0.2, 0.25) is 0 Å². The molecule has 0 amide bonds. The molecule has 5 heteroatoms. The van der Waals surface area contributed by atoms with Gasteiger partial charge in [-0.15, -0.1) is 0 Å². The van der Waals surface area contributed by atoms with E-state index in [1.165, 1.54) is 96.4 Å². The Morgan fingerprint density at radius 2 is 1.00 bits per heavy atom. The molecule has 0 saturated heterocycles. The Bertz CT molecular complexity index is 388. The molecule has 0 radical (unpaired) electrons. The molecule has 0 unspecified atom stereocenters. The van der Waals surface area contributed by atoms with Crippen molar-refractivity contribution in [3.8, 4) is 0 Å². The minimum Gasteiger partial charge on any atom is -0.745 e. The van der Waals surface area contributed by atoms with E-state index >= 15 is 0 Å². The molecule has 0 spiro atoms. The summed E-state index contributed by atoms with van der Waals surface area (Å²) in [6.07, 6.45) is 20.4. The van der Waals surface area contributed by atoms with Crippen LogP contribution in [-0.2, 0) is 10.1 Å². The summed E-state index contributed by atoms with van der Waals surface area (Å²) in [4.78, 5) is 0. The molecule has 0 rings (SSSR count). The smallest absolute Gasteiger partial charge is 0.116 e. The van der Waals surface area contributed by atoms with Crippen molar-refractivity contribution >= 4 is 10.1 Å². The van der Waals surface area contributed by atoms with Crippen molar-refractivity contribution < 1.29 is 17.5 Å². The van der Waals surface area contributed by atoms with Gasteiger partial charge in [-0.25, -0.2) is 8.42 Å². The van der Waals surface area contributed by atoms with Gasteiger partial charge >= 0.3 is 0 Å². The van der Waals surface area contributed by atoms with Crippen molar-refractivity contribution in [1.82, 2.24) is 0 Å². The van der Waals surface area contributed by atoms with E-state index in [9.17, 15) is 13.0 Å². The summed E-state index contributed by atoms with van der Waals surface area (Å²) in [6, 6.07) is 0. The monoisotopic (exact) mass is 391 g/mol.